The van der Waals surface area contributed by atoms with Crippen LogP contribution in [0.25, 0.3) is 0 Å². The summed E-state index contributed by atoms with van der Waals surface area (Å²) < 4.78 is 22.9. The first-order valence-corrected chi connectivity index (χ1v) is 12.1. The summed E-state index contributed by atoms with van der Waals surface area (Å²) in [7, 11) is -3.09. The van der Waals surface area contributed by atoms with Crippen LogP contribution in [-0.4, -0.2) is 67.3 Å². The third-order valence-corrected chi connectivity index (χ3v) is 7.33. The molecule has 1 atom stereocenters. The molecule has 0 aliphatic carbocycles. The van der Waals surface area contributed by atoms with E-state index in [2.05, 4.69) is 5.32 Å². The fourth-order valence-electron chi connectivity index (χ4n) is 2.92. The van der Waals surface area contributed by atoms with E-state index < -0.39 is 21.8 Å². The summed E-state index contributed by atoms with van der Waals surface area (Å²) in [5, 5.41) is 2.55. The third-order valence-electron chi connectivity index (χ3n) is 4.68. The van der Waals surface area contributed by atoms with Gasteiger partial charge in [-0.3, -0.25) is 19.2 Å². The molecule has 0 bridgehead atoms. The van der Waals surface area contributed by atoms with E-state index in [1.165, 1.54) is 23.2 Å². The van der Waals surface area contributed by atoms with Gasteiger partial charge in [-0.15, -0.1) is 11.3 Å². The number of thiophene rings is 1. The standard InChI is InChI=1S/C19H26N2O6S2/c1-13-3-7-17(28-13)16(23)6-4-15(22)5-8-18(24)20-14(2)19(25)21-9-11-29(26,27)12-10-21/h3,7,14H,4-6,8-12H2,1-2H3,(H,20,24). The molecule has 1 aliphatic heterocycles. The second-order valence-corrected chi connectivity index (χ2v) is 10.7. The number of ketones is 2. The van der Waals surface area contributed by atoms with Crippen molar-refractivity contribution in [2.24, 2.45) is 0 Å². The first kappa shape index (κ1) is 23.2. The molecule has 0 spiro atoms. The predicted molar refractivity (Wildman–Crippen MR) is 110 cm³/mol. The van der Waals surface area contributed by atoms with Gasteiger partial charge in [0, 0.05) is 43.6 Å². The molecule has 2 amide bonds. The zero-order valence-electron chi connectivity index (χ0n) is 16.6. The number of nitrogens with one attached hydrogen (secondary N) is 1. The lowest BCUT2D eigenvalue weighted by molar-refractivity contribution is -0.135. The number of amides is 2. The molecule has 8 nitrogen and oxygen atoms in total. The summed E-state index contributed by atoms with van der Waals surface area (Å²) >= 11 is 1.39. The first-order chi connectivity index (χ1) is 13.6. The van der Waals surface area contributed by atoms with Crippen molar-refractivity contribution in [1.82, 2.24) is 10.2 Å². The van der Waals surface area contributed by atoms with E-state index in [0.29, 0.717) is 4.88 Å². The highest BCUT2D eigenvalue weighted by atomic mass is 32.2. The number of hydrogen-bond donors (Lipinski definition) is 1. The minimum atomic E-state index is -3.09. The lowest BCUT2D eigenvalue weighted by Gasteiger charge is -2.29. The van der Waals surface area contributed by atoms with Crippen molar-refractivity contribution in [3.05, 3.63) is 21.9 Å². The molecule has 0 radical (unpaired) electrons. The van der Waals surface area contributed by atoms with Gasteiger partial charge in [0.25, 0.3) is 0 Å². The van der Waals surface area contributed by atoms with Gasteiger partial charge in [-0.1, -0.05) is 0 Å². The van der Waals surface area contributed by atoms with E-state index in [4.69, 9.17) is 0 Å². The molecule has 1 aliphatic rings. The van der Waals surface area contributed by atoms with E-state index in [0.717, 1.165) is 4.88 Å². The maximum Gasteiger partial charge on any atom is 0.244 e. The van der Waals surface area contributed by atoms with E-state index in [-0.39, 0.29) is 67.8 Å². The van der Waals surface area contributed by atoms with Crippen LogP contribution in [0.1, 0.15) is 47.2 Å². The first-order valence-electron chi connectivity index (χ1n) is 9.47. The lowest BCUT2D eigenvalue weighted by atomic mass is 10.1. The molecule has 2 rings (SSSR count). The number of hydrogen-bond acceptors (Lipinski definition) is 7. The molecule has 2 heterocycles. The maximum absolute atomic E-state index is 12.3. The quantitative estimate of drug-likeness (QED) is 0.573. The van der Waals surface area contributed by atoms with E-state index >= 15 is 0 Å². The van der Waals surface area contributed by atoms with Gasteiger partial charge in [-0.25, -0.2) is 8.42 Å². The molecule has 29 heavy (non-hydrogen) atoms. The molecule has 1 unspecified atom stereocenters. The number of Topliss-reactive ketones (excluding diaryl/α,β-unsaturated/α-hetero) is 2. The van der Waals surface area contributed by atoms with Gasteiger partial charge in [-0.05, 0) is 26.0 Å². The van der Waals surface area contributed by atoms with Gasteiger partial charge >= 0.3 is 0 Å². The Morgan fingerprint density at radius 2 is 1.69 bits per heavy atom. The summed E-state index contributed by atoms with van der Waals surface area (Å²) in [6.07, 6.45) is 0.148. The molecule has 1 saturated heterocycles. The summed E-state index contributed by atoms with van der Waals surface area (Å²) in [6.45, 7) is 3.69. The minimum Gasteiger partial charge on any atom is -0.345 e. The number of carbonyl (C=O) groups is 4. The van der Waals surface area contributed by atoms with Crippen molar-refractivity contribution in [3.8, 4) is 0 Å². The number of carbonyl (C=O) groups excluding carboxylic acids is 4. The lowest BCUT2D eigenvalue weighted by Crippen LogP contribution is -2.51. The number of nitrogens with zero attached hydrogens (tertiary/aromatic N) is 1. The van der Waals surface area contributed by atoms with E-state index in [1.54, 1.807) is 6.07 Å². The molecular formula is C19H26N2O6S2. The maximum atomic E-state index is 12.3. The molecule has 1 fully saturated rings. The topological polar surface area (TPSA) is 118 Å². The molecule has 1 aromatic rings. The molecule has 0 saturated carbocycles. The van der Waals surface area contributed by atoms with Crippen molar-refractivity contribution >= 4 is 44.6 Å². The number of sulfone groups is 1. The van der Waals surface area contributed by atoms with E-state index in [1.807, 2.05) is 13.0 Å². The van der Waals surface area contributed by atoms with Crippen LogP contribution in [0.5, 0.6) is 0 Å². The van der Waals surface area contributed by atoms with Crippen LogP contribution < -0.4 is 5.32 Å². The van der Waals surface area contributed by atoms with Gasteiger partial charge in [0.1, 0.15) is 11.8 Å². The minimum absolute atomic E-state index is 0.00541. The average molecular weight is 443 g/mol. The van der Waals surface area contributed by atoms with Crippen molar-refractivity contribution in [2.45, 2.75) is 45.6 Å². The zero-order valence-corrected chi connectivity index (χ0v) is 18.2. The van der Waals surface area contributed by atoms with Crippen LogP contribution in [0, 0.1) is 6.92 Å². The Balaban J connectivity index is 1.68. The van der Waals surface area contributed by atoms with Gasteiger partial charge in [0.15, 0.2) is 15.6 Å². The normalized spacial score (nSPS) is 16.8. The Morgan fingerprint density at radius 1 is 1.07 bits per heavy atom. The molecule has 160 valence electrons. The molecule has 1 N–H and O–H groups in total. The van der Waals surface area contributed by atoms with Crippen LogP contribution in [0.4, 0.5) is 0 Å². The second kappa shape index (κ2) is 10.1. The highest BCUT2D eigenvalue weighted by Crippen LogP contribution is 2.17. The predicted octanol–water partition coefficient (Wildman–Crippen LogP) is 1.13. The fraction of sp³-hybridized carbons (Fsp3) is 0.579. The van der Waals surface area contributed by atoms with Gasteiger partial charge in [-0.2, -0.15) is 0 Å². The second-order valence-electron chi connectivity index (χ2n) is 7.14. The Morgan fingerprint density at radius 3 is 2.28 bits per heavy atom. The Bertz CT molecular complexity index is 876. The van der Waals surface area contributed by atoms with Crippen molar-refractivity contribution in [3.63, 3.8) is 0 Å². The average Bonchev–Trinajstić information content (AvgIpc) is 3.10. The number of aryl methyl sites for hydroxylation is 1. The van der Waals surface area contributed by atoms with Gasteiger partial charge < -0.3 is 10.2 Å². The van der Waals surface area contributed by atoms with Crippen LogP contribution >= 0.6 is 11.3 Å². The third kappa shape index (κ3) is 7.36. The Kier molecular flexibility index (Phi) is 8.09. The highest BCUT2D eigenvalue weighted by molar-refractivity contribution is 7.91. The summed E-state index contributed by atoms with van der Waals surface area (Å²) in [4.78, 5) is 51.4. The van der Waals surface area contributed by atoms with Crippen LogP contribution in [0.2, 0.25) is 0 Å². The Hall–Kier alpha value is -2.07. The Labute approximate surface area is 174 Å². The van der Waals surface area contributed by atoms with Crippen molar-refractivity contribution in [2.75, 3.05) is 24.6 Å². The summed E-state index contributed by atoms with van der Waals surface area (Å²) in [5.74, 6) is -1.17. The fourth-order valence-corrected chi connectivity index (χ4v) is 4.96. The van der Waals surface area contributed by atoms with Gasteiger partial charge in [0.2, 0.25) is 11.8 Å². The largest absolute Gasteiger partial charge is 0.345 e. The molecule has 0 aromatic carbocycles. The smallest absolute Gasteiger partial charge is 0.244 e. The van der Waals surface area contributed by atoms with Crippen LogP contribution in [-0.2, 0) is 24.2 Å². The van der Waals surface area contributed by atoms with E-state index in [9.17, 15) is 27.6 Å². The number of rotatable bonds is 9. The van der Waals surface area contributed by atoms with Crippen LogP contribution in [0.15, 0.2) is 12.1 Å². The molecule has 1 aromatic heterocycles. The van der Waals surface area contributed by atoms with Crippen molar-refractivity contribution in [1.29, 1.82) is 0 Å². The summed E-state index contributed by atoms with van der Waals surface area (Å²) in [5.41, 5.74) is 0. The molecular weight excluding hydrogens is 416 g/mol. The summed E-state index contributed by atoms with van der Waals surface area (Å²) in [6, 6.07) is 2.81. The highest BCUT2D eigenvalue weighted by Gasteiger charge is 2.28. The molecule has 10 heteroatoms. The zero-order chi connectivity index (χ0) is 21.6. The van der Waals surface area contributed by atoms with Crippen LogP contribution in [0.3, 0.4) is 0 Å². The SMILES string of the molecule is Cc1ccc(C(=O)CCC(=O)CCC(=O)NC(C)C(=O)N2CCS(=O)(=O)CC2)s1. The monoisotopic (exact) mass is 442 g/mol. The van der Waals surface area contributed by atoms with Gasteiger partial charge in [0.05, 0.1) is 16.4 Å². The van der Waals surface area contributed by atoms with Crippen molar-refractivity contribution < 1.29 is 27.6 Å².